The molecule has 0 aliphatic rings. The fourth-order valence-corrected chi connectivity index (χ4v) is 2.29. The number of rotatable bonds is 4. The summed E-state index contributed by atoms with van der Waals surface area (Å²) in [7, 11) is 0. The van der Waals surface area contributed by atoms with Crippen molar-refractivity contribution < 1.29 is 4.42 Å². The van der Waals surface area contributed by atoms with Crippen molar-refractivity contribution in [2.24, 2.45) is 5.10 Å². The molecule has 0 bridgehead atoms. The molecule has 22 heavy (non-hydrogen) atoms. The van der Waals surface area contributed by atoms with Crippen molar-refractivity contribution in [3.63, 3.8) is 0 Å². The van der Waals surface area contributed by atoms with Crippen LogP contribution in [0.15, 0.2) is 70.2 Å². The monoisotopic (exact) mass is 310 g/mol. The van der Waals surface area contributed by atoms with Gasteiger partial charge in [0.15, 0.2) is 0 Å². The summed E-state index contributed by atoms with van der Waals surface area (Å²) in [4.78, 5) is 0. The van der Waals surface area contributed by atoms with Crippen LogP contribution >= 0.6 is 11.6 Å². The van der Waals surface area contributed by atoms with Crippen molar-refractivity contribution in [3.05, 3.63) is 77.0 Å². The number of hydrogen-bond acceptors (Lipinski definition) is 3. The maximum atomic E-state index is 5.99. The molecule has 4 heteroatoms. The fourth-order valence-electron chi connectivity index (χ4n) is 2.10. The van der Waals surface area contributed by atoms with Crippen molar-refractivity contribution in [2.45, 2.75) is 6.92 Å². The van der Waals surface area contributed by atoms with E-state index in [-0.39, 0.29) is 0 Å². The number of hydrazone groups is 1. The van der Waals surface area contributed by atoms with Gasteiger partial charge in [-0.1, -0.05) is 35.9 Å². The summed E-state index contributed by atoms with van der Waals surface area (Å²) in [5.74, 6) is 1.44. The molecule has 0 radical (unpaired) electrons. The zero-order valence-electron chi connectivity index (χ0n) is 12.1. The minimum Gasteiger partial charge on any atom is -0.455 e. The highest BCUT2D eigenvalue weighted by Crippen LogP contribution is 2.24. The van der Waals surface area contributed by atoms with Crippen molar-refractivity contribution in [3.8, 4) is 11.3 Å². The van der Waals surface area contributed by atoms with E-state index in [9.17, 15) is 0 Å². The Balaban J connectivity index is 1.70. The van der Waals surface area contributed by atoms with E-state index < -0.39 is 0 Å². The molecule has 0 fully saturated rings. The van der Waals surface area contributed by atoms with Gasteiger partial charge in [-0.3, -0.25) is 5.43 Å². The van der Waals surface area contributed by atoms with E-state index in [0.717, 1.165) is 17.0 Å². The molecule has 1 aromatic heterocycles. The van der Waals surface area contributed by atoms with Gasteiger partial charge in [0.05, 0.1) is 11.9 Å². The minimum atomic E-state index is 0.676. The molecule has 3 rings (SSSR count). The highest BCUT2D eigenvalue weighted by Gasteiger charge is 2.03. The van der Waals surface area contributed by atoms with Crippen LogP contribution in [0.3, 0.4) is 0 Å². The van der Waals surface area contributed by atoms with Crippen molar-refractivity contribution in [1.82, 2.24) is 0 Å². The van der Waals surface area contributed by atoms with Crippen molar-refractivity contribution in [1.29, 1.82) is 0 Å². The third-order valence-electron chi connectivity index (χ3n) is 3.14. The van der Waals surface area contributed by atoms with E-state index >= 15 is 0 Å². The topological polar surface area (TPSA) is 37.5 Å². The molecule has 0 aliphatic carbocycles. The van der Waals surface area contributed by atoms with Crippen LogP contribution in [0.5, 0.6) is 0 Å². The molecule has 0 aliphatic heterocycles. The molecule has 1 heterocycles. The standard InChI is InChI=1S/C18H15ClN2O/c1-13-4-2-7-16(10-13)21-20-12-17-8-9-18(22-17)14-5-3-6-15(19)11-14/h2-12,21H,1H3/b20-12+. The lowest BCUT2D eigenvalue weighted by atomic mass is 10.2. The molecular weight excluding hydrogens is 296 g/mol. The molecule has 3 aromatic rings. The van der Waals surface area contributed by atoms with E-state index in [2.05, 4.69) is 10.5 Å². The highest BCUT2D eigenvalue weighted by molar-refractivity contribution is 6.30. The van der Waals surface area contributed by atoms with E-state index in [0.29, 0.717) is 10.8 Å². The smallest absolute Gasteiger partial charge is 0.147 e. The van der Waals surface area contributed by atoms with Crippen LogP contribution < -0.4 is 5.43 Å². The Bertz CT molecular complexity index is 808. The zero-order valence-corrected chi connectivity index (χ0v) is 12.8. The Kier molecular flexibility index (Phi) is 4.26. The molecule has 2 aromatic carbocycles. The molecule has 0 amide bonds. The quantitative estimate of drug-likeness (QED) is 0.520. The zero-order chi connectivity index (χ0) is 15.4. The maximum Gasteiger partial charge on any atom is 0.147 e. The minimum absolute atomic E-state index is 0.676. The first kappa shape index (κ1) is 14.4. The number of aryl methyl sites for hydroxylation is 1. The Morgan fingerprint density at radius 2 is 1.91 bits per heavy atom. The summed E-state index contributed by atoms with van der Waals surface area (Å²) in [6.45, 7) is 2.04. The summed E-state index contributed by atoms with van der Waals surface area (Å²) < 4.78 is 5.74. The molecule has 3 nitrogen and oxygen atoms in total. The second kappa shape index (κ2) is 6.50. The number of hydrogen-bond donors (Lipinski definition) is 1. The number of furan rings is 1. The van der Waals surface area contributed by atoms with E-state index in [4.69, 9.17) is 16.0 Å². The van der Waals surface area contributed by atoms with E-state index in [1.54, 1.807) is 6.21 Å². The summed E-state index contributed by atoms with van der Waals surface area (Å²) in [5, 5.41) is 4.87. The average Bonchev–Trinajstić information content (AvgIpc) is 2.96. The highest BCUT2D eigenvalue weighted by atomic mass is 35.5. The Hall–Kier alpha value is -2.52. The Morgan fingerprint density at radius 1 is 1.05 bits per heavy atom. The van der Waals surface area contributed by atoms with Crippen molar-refractivity contribution in [2.75, 3.05) is 5.43 Å². The number of nitrogens with one attached hydrogen (secondary N) is 1. The van der Waals surface area contributed by atoms with Crippen LogP contribution in [0.2, 0.25) is 5.02 Å². The molecule has 1 N–H and O–H groups in total. The SMILES string of the molecule is Cc1cccc(N/N=C/c2ccc(-c3cccc(Cl)c3)o2)c1. The van der Waals surface area contributed by atoms with E-state index in [1.807, 2.05) is 67.6 Å². The second-order valence-corrected chi connectivity index (χ2v) is 5.39. The van der Waals surface area contributed by atoms with Gasteiger partial charge < -0.3 is 4.42 Å². The van der Waals surface area contributed by atoms with Gasteiger partial charge in [0.1, 0.15) is 11.5 Å². The lowest BCUT2D eigenvalue weighted by molar-refractivity contribution is 0.575. The third-order valence-corrected chi connectivity index (χ3v) is 3.37. The number of nitrogens with zero attached hydrogens (tertiary/aromatic N) is 1. The Labute approximate surface area is 134 Å². The lowest BCUT2D eigenvalue weighted by Crippen LogP contribution is -1.89. The first-order valence-electron chi connectivity index (χ1n) is 6.92. The first-order chi connectivity index (χ1) is 10.7. The van der Waals surface area contributed by atoms with Crippen LogP contribution in [0.1, 0.15) is 11.3 Å². The fraction of sp³-hybridized carbons (Fsp3) is 0.0556. The van der Waals surface area contributed by atoms with Gasteiger partial charge in [-0.2, -0.15) is 5.10 Å². The third kappa shape index (κ3) is 3.57. The normalized spacial score (nSPS) is 11.0. The van der Waals surface area contributed by atoms with Crippen LogP contribution in [0, 0.1) is 6.92 Å². The van der Waals surface area contributed by atoms with Crippen molar-refractivity contribution >= 4 is 23.5 Å². The maximum absolute atomic E-state index is 5.99. The Morgan fingerprint density at radius 3 is 2.73 bits per heavy atom. The van der Waals surface area contributed by atoms with E-state index in [1.165, 1.54) is 5.56 Å². The largest absolute Gasteiger partial charge is 0.455 e. The van der Waals surface area contributed by atoms with Gasteiger partial charge in [-0.25, -0.2) is 0 Å². The first-order valence-corrected chi connectivity index (χ1v) is 7.30. The van der Waals surface area contributed by atoms with Gasteiger partial charge in [-0.05, 0) is 48.9 Å². The molecule has 0 spiro atoms. The van der Waals surface area contributed by atoms with Crippen LogP contribution in [0.4, 0.5) is 5.69 Å². The second-order valence-electron chi connectivity index (χ2n) is 4.95. The van der Waals surface area contributed by atoms with Gasteiger partial charge in [0, 0.05) is 10.6 Å². The molecule has 0 unspecified atom stereocenters. The molecule has 0 atom stereocenters. The molecule has 0 saturated carbocycles. The molecule has 110 valence electrons. The predicted molar refractivity (Wildman–Crippen MR) is 91.5 cm³/mol. The van der Waals surface area contributed by atoms with Gasteiger partial charge in [0.25, 0.3) is 0 Å². The van der Waals surface area contributed by atoms with Crippen LogP contribution in [-0.2, 0) is 0 Å². The van der Waals surface area contributed by atoms with Gasteiger partial charge in [0.2, 0.25) is 0 Å². The summed E-state index contributed by atoms with van der Waals surface area (Å²) in [5.41, 5.74) is 6.05. The summed E-state index contributed by atoms with van der Waals surface area (Å²) in [6.07, 6.45) is 1.65. The summed E-state index contributed by atoms with van der Waals surface area (Å²) in [6, 6.07) is 19.3. The summed E-state index contributed by atoms with van der Waals surface area (Å²) >= 11 is 5.99. The number of anilines is 1. The lowest BCUT2D eigenvalue weighted by Gasteiger charge is -2.00. The average molecular weight is 311 g/mol. The van der Waals surface area contributed by atoms with Gasteiger partial charge in [-0.15, -0.1) is 0 Å². The van der Waals surface area contributed by atoms with Gasteiger partial charge >= 0.3 is 0 Å². The number of halogens is 1. The predicted octanol–water partition coefficient (Wildman–Crippen LogP) is 5.35. The molecule has 0 saturated heterocycles. The number of benzene rings is 2. The van der Waals surface area contributed by atoms with Crippen LogP contribution in [-0.4, -0.2) is 6.21 Å². The van der Waals surface area contributed by atoms with Crippen LogP contribution in [0.25, 0.3) is 11.3 Å². The molecular formula is C18H15ClN2O.